The van der Waals surface area contributed by atoms with E-state index >= 15 is 0 Å². The van der Waals surface area contributed by atoms with Gasteiger partial charge in [-0.3, -0.25) is 0 Å². The molecule has 7 nitrogen and oxygen atoms in total. The first-order valence-electron chi connectivity index (χ1n) is 10.8. The van der Waals surface area contributed by atoms with Gasteiger partial charge in [-0.05, 0) is 43.3 Å². The number of pyridine rings is 2. The molecule has 1 aliphatic heterocycles. The fourth-order valence-electron chi connectivity index (χ4n) is 4.29. The Morgan fingerprint density at radius 2 is 1.76 bits per heavy atom. The summed E-state index contributed by atoms with van der Waals surface area (Å²) in [6.45, 7) is 4.37. The Morgan fingerprint density at radius 3 is 2.41 bits per heavy atom. The molecule has 10 heteroatoms. The summed E-state index contributed by atoms with van der Waals surface area (Å²) in [5.41, 5.74) is 3.64. The molecule has 0 N–H and O–H groups in total. The molecule has 1 aromatic carbocycles. The lowest BCUT2D eigenvalue weighted by atomic mass is 10.1. The molecule has 0 amide bonds. The lowest BCUT2D eigenvalue weighted by Gasteiger charge is -2.37. The van der Waals surface area contributed by atoms with Crippen LogP contribution in [0.4, 0.5) is 15.9 Å². The molecule has 0 spiro atoms. The highest BCUT2D eigenvalue weighted by molar-refractivity contribution is 7.90. The molecule has 5 rings (SSSR count). The van der Waals surface area contributed by atoms with Gasteiger partial charge in [0, 0.05) is 56.1 Å². The molecule has 34 heavy (non-hydrogen) atoms. The topological polar surface area (TPSA) is 70.8 Å². The Balaban J connectivity index is 1.39. The molecule has 1 fully saturated rings. The van der Waals surface area contributed by atoms with Gasteiger partial charge in [0.1, 0.15) is 17.3 Å². The number of hydrogen-bond donors (Lipinski definition) is 0. The minimum atomic E-state index is -3.29. The average Bonchev–Trinajstić information content (AvgIpc) is 3.15. The van der Waals surface area contributed by atoms with Crippen molar-refractivity contribution >= 4 is 38.6 Å². The number of piperazine rings is 1. The molecule has 0 atom stereocenters. The van der Waals surface area contributed by atoms with Crippen LogP contribution in [0, 0.1) is 12.7 Å². The highest BCUT2D eigenvalue weighted by Gasteiger charge is 2.23. The van der Waals surface area contributed by atoms with Crippen molar-refractivity contribution in [2.45, 2.75) is 11.8 Å². The number of aromatic nitrogens is 3. The van der Waals surface area contributed by atoms with Gasteiger partial charge < -0.3 is 14.2 Å². The first kappa shape index (κ1) is 22.6. The van der Waals surface area contributed by atoms with E-state index in [-0.39, 0.29) is 10.7 Å². The van der Waals surface area contributed by atoms with Crippen molar-refractivity contribution < 1.29 is 12.8 Å². The molecule has 0 radical (unpaired) electrons. The van der Waals surface area contributed by atoms with Gasteiger partial charge in [0.05, 0.1) is 21.3 Å². The third-order valence-electron chi connectivity index (χ3n) is 6.15. The van der Waals surface area contributed by atoms with Gasteiger partial charge >= 0.3 is 0 Å². The number of aryl methyl sites for hydroxylation is 1. The summed E-state index contributed by atoms with van der Waals surface area (Å²) >= 11 is 6.46. The van der Waals surface area contributed by atoms with Crippen molar-refractivity contribution in [3.8, 4) is 11.3 Å². The third-order valence-corrected chi connectivity index (χ3v) is 7.56. The fourth-order valence-corrected chi connectivity index (χ4v) is 5.09. The lowest BCUT2D eigenvalue weighted by Crippen LogP contribution is -2.47. The highest BCUT2D eigenvalue weighted by atomic mass is 35.5. The Morgan fingerprint density at radius 1 is 1.03 bits per heavy atom. The van der Waals surface area contributed by atoms with Crippen molar-refractivity contribution in [1.29, 1.82) is 0 Å². The summed E-state index contributed by atoms with van der Waals surface area (Å²) in [5, 5.41) is 0.321. The second-order valence-electron chi connectivity index (χ2n) is 8.36. The van der Waals surface area contributed by atoms with E-state index in [0.717, 1.165) is 23.3 Å². The SMILES string of the molecule is Cc1c(-c2cc(N3CCN(c4ccc(S(C)(=O)=O)cn4)CC3)c(F)cc2Cl)nc2ccccn12. The lowest BCUT2D eigenvalue weighted by molar-refractivity contribution is 0.596. The Labute approximate surface area is 202 Å². The second kappa shape index (κ2) is 8.56. The van der Waals surface area contributed by atoms with Crippen molar-refractivity contribution in [2.75, 3.05) is 42.2 Å². The van der Waals surface area contributed by atoms with Crippen LogP contribution in [-0.4, -0.2) is 55.2 Å². The predicted molar refractivity (Wildman–Crippen MR) is 132 cm³/mol. The van der Waals surface area contributed by atoms with Crippen LogP contribution < -0.4 is 9.80 Å². The zero-order chi connectivity index (χ0) is 24.0. The fraction of sp³-hybridized carbons (Fsp3) is 0.250. The van der Waals surface area contributed by atoms with Crippen LogP contribution in [0.1, 0.15) is 5.69 Å². The number of nitrogens with zero attached hydrogens (tertiary/aromatic N) is 5. The summed E-state index contributed by atoms with van der Waals surface area (Å²) < 4.78 is 40.3. The van der Waals surface area contributed by atoms with E-state index in [1.54, 1.807) is 18.2 Å². The van der Waals surface area contributed by atoms with E-state index in [0.29, 0.717) is 48.3 Å². The molecule has 0 saturated carbocycles. The zero-order valence-corrected chi connectivity index (χ0v) is 20.3. The monoisotopic (exact) mass is 499 g/mol. The average molecular weight is 500 g/mol. The van der Waals surface area contributed by atoms with Crippen LogP contribution >= 0.6 is 11.6 Å². The molecule has 1 saturated heterocycles. The first-order valence-corrected chi connectivity index (χ1v) is 13.1. The number of hydrogen-bond acceptors (Lipinski definition) is 6. The van der Waals surface area contributed by atoms with Crippen LogP contribution in [0.5, 0.6) is 0 Å². The van der Waals surface area contributed by atoms with Crippen molar-refractivity contribution in [2.24, 2.45) is 0 Å². The van der Waals surface area contributed by atoms with Gasteiger partial charge in [0.15, 0.2) is 9.84 Å². The molecule has 0 unspecified atom stereocenters. The maximum Gasteiger partial charge on any atom is 0.177 e. The third kappa shape index (κ3) is 4.10. The zero-order valence-electron chi connectivity index (χ0n) is 18.7. The van der Waals surface area contributed by atoms with E-state index < -0.39 is 9.84 Å². The summed E-state index contributed by atoms with van der Waals surface area (Å²) in [6, 6.07) is 12.2. The molecule has 0 aliphatic carbocycles. The van der Waals surface area contributed by atoms with Crippen LogP contribution in [0.25, 0.3) is 16.9 Å². The molecular formula is C24H23ClFN5O2S. The number of imidazole rings is 1. The van der Waals surface area contributed by atoms with E-state index in [2.05, 4.69) is 9.88 Å². The largest absolute Gasteiger partial charge is 0.366 e. The summed E-state index contributed by atoms with van der Waals surface area (Å²) in [4.78, 5) is 13.3. The number of anilines is 2. The highest BCUT2D eigenvalue weighted by Crippen LogP contribution is 2.36. The standard InChI is InChI=1S/C24H23ClFN5O2S/c1-16-24(28-23-5-3-4-8-31(16)23)18-13-21(20(26)14-19(18)25)29-9-11-30(12-10-29)22-7-6-17(15-27-22)34(2,32)33/h3-8,13-15H,9-12H2,1-2H3. The number of halogens is 2. The first-order chi connectivity index (χ1) is 16.2. The molecular weight excluding hydrogens is 477 g/mol. The molecule has 176 valence electrons. The van der Waals surface area contributed by atoms with E-state index in [9.17, 15) is 12.8 Å². The summed E-state index contributed by atoms with van der Waals surface area (Å²) in [6.07, 6.45) is 4.47. The van der Waals surface area contributed by atoms with Crippen LogP contribution in [-0.2, 0) is 9.84 Å². The van der Waals surface area contributed by atoms with Gasteiger partial charge in [0.25, 0.3) is 0 Å². The molecule has 0 bridgehead atoms. The smallest absolute Gasteiger partial charge is 0.177 e. The minimum absolute atomic E-state index is 0.188. The Hall–Kier alpha value is -3.17. The summed E-state index contributed by atoms with van der Waals surface area (Å²) in [7, 11) is -3.29. The quantitative estimate of drug-likeness (QED) is 0.418. The van der Waals surface area contributed by atoms with Crippen LogP contribution in [0.15, 0.2) is 59.8 Å². The second-order valence-corrected chi connectivity index (χ2v) is 10.8. The number of benzene rings is 1. The minimum Gasteiger partial charge on any atom is -0.366 e. The van der Waals surface area contributed by atoms with E-state index in [1.807, 2.05) is 40.6 Å². The van der Waals surface area contributed by atoms with Crippen molar-refractivity contribution in [1.82, 2.24) is 14.4 Å². The van der Waals surface area contributed by atoms with Crippen molar-refractivity contribution in [3.63, 3.8) is 0 Å². The number of rotatable bonds is 4. The van der Waals surface area contributed by atoms with E-state index in [1.165, 1.54) is 12.3 Å². The normalized spacial score (nSPS) is 14.7. The van der Waals surface area contributed by atoms with Gasteiger partial charge in [-0.25, -0.2) is 22.8 Å². The number of sulfone groups is 1. The molecule has 4 heterocycles. The van der Waals surface area contributed by atoms with Crippen LogP contribution in [0.3, 0.4) is 0 Å². The predicted octanol–water partition coefficient (Wildman–Crippen LogP) is 4.23. The number of fused-ring (bicyclic) bond motifs is 1. The van der Waals surface area contributed by atoms with Gasteiger partial charge in [-0.2, -0.15) is 0 Å². The Bertz CT molecular complexity index is 1480. The molecule has 3 aromatic heterocycles. The van der Waals surface area contributed by atoms with Crippen LogP contribution in [0.2, 0.25) is 5.02 Å². The van der Waals surface area contributed by atoms with Gasteiger partial charge in [0.2, 0.25) is 0 Å². The van der Waals surface area contributed by atoms with Crippen molar-refractivity contribution in [3.05, 3.63) is 71.4 Å². The van der Waals surface area contributed by atoms with Gasteiger partial charge in [-0.15, -0.1) is 0 Å². The van der Waals surface area contributed by atoms with E-state index in [4.69, 9.17) is 16.6 Å². The maximum absolute atomic E-state index is 15.0. The van der Waals surface area contributed by atoms with Gasteiger partial charge in [-0.1, -0.05) is 17.7 Å². The molecule has 4 aromatic rings. The molecule has 1 aliphatic rings. The maximum atomic E-state index is 15.0. The Kier molecular flexibility index (Phi) is 5.69. The summed E-state index contributed by atoms with van der Waals surface area (Å²) in [5.74, 6) is 0.323.